The molecule has 0 aliphatic rings. The Morgan fingerprint density at radius 2 is 1.69 bits per heavy atom. The van der Waals surface area contributed by atoms with Crippen LogP contribution in [0, 0.1) is 5.92 Å². The number of anilines is 1. The van der Waals surface area contributed by atoms with Gasteiger partial charge in [0.1, 0.15) is 0 Å². The largest absolute Gasteiger partial charge is 1.00 e. The third-order valence-electron chi connectivity index (χ3n) is 3.69. The molecule has 0 bridgehead atoms. The van der Waals surface area contributed by atoms with Gasteiger partial charge in [-0.05, 0) is 36.2 Å². The number of carboxylic acids is 1. The van der Waals surface area contributed by atoms with E-state index in [0.717, 1.165) is 12.1 Å². The van der Waals surface area contributed by atoms with Gasteiger partial charge in [-0.25, -0.2) is 4.79 Å². The van der Waals surface area contributed by atoms with Gasteiger partial charge in [-0.15, -0.1) is 0 Å². The molecule has 2 N–H and O–H groups in total. The average molecular weight is 359 g/mol. The fourth-order valence-electron chi connectivity index (χ4n) is 2.31. The zero-order chi connectivity index (χ0) is 18.6. The topological polar surface area (TPSA) is 66.4 Å². The minimum Gasteiger partial charge on any atom is -1.00 e. The predicted octanol–water partition coefficient (Wildman–Crippen LogP) is 1.34. The number of amides is 1. The van der Waals surface area contributed by atoms with Crippen LogP contribution in [0.15, 0.2) is 48.5 Å². The van der Waals surface area contributed by atoms with Crippen molar-refractivity contribution in [3.8, 4) is 0 Å². The second-order valence-corrected chi connectivity index (χ2v) is 5.64. The Bertz CT molecular complexity index is 782. The molecular weight excluding hydrogens is 342 g/mol. The first-order chi connectivity index (χ1) is 11.7. The maximum absolute atomic E-state index is 12.5. The average Bonchev–Trinajstić information content (AvgIpc) is 2.54. The van der Waals surface area contributed by atoms with Gasteiger partial charge in [0.25, 0.3) is 0 Å². The Hall–Kier alpha value is -2.23. The number of para-hydroxylation sites is 1. The van der Waals surface area contributed by atoms with Crippen LogP contribution in [0.5, 0.6) is 0 Å². The molecular formula is C18H17F3LiNO3. The summed E-state index contributed by atoms with van der Waals surface area (Å²) in [4.78, 5) is 23.4. The third-order valence-corrected chi connectivity index (χ3v) is 3.69. The van der Waals surface area contributed by atoms with Gasteiger partial charge in [0.15, 0.2) is 0 Å². The molecule has 0 fully saturated rings. The van der Waals surface area contributed by atoms with Gasteiger partial charge in [-0.2, -0.15) is 13.2 Å². The molecule has 2 aromatic carbocycles. The first kappa shape index (κ1) is 21.8. The number of carbonyl (C=O) groups is 2. The van der Waals surface area contributed by atoms with Gasteiger partial charge in [0.2, 0.25) is 5.91 Å². The molecule has 0 saturated carbocycles. The SMILES string of the molecule is CC(Cc1ccc(C(F)(F)F)cc1)C(=O)Nc1ccccc1C(=O)O.[H-].[Li+]. The maximum Gasteiger partial charge on any atom is 1.00 e. The zero-order valence-electron chi connectivity index (χ0n) is 15.3. The predicted molar refractivity (Wildman–Crippen MR) is 87.5 cm³/mol. The van der Waals surface area contributed by atoms with Gasteiger partial charge < -0.3 is 11.8 Å². The first-order valence-corrected chi connectivity index (χ1v) is 7.48. The summed E-state index contributed by atoms with van der Waals surface area (Å²) >= 11 is 0. The van der Waals surface area contributed by atoms with Gasteiger partial charge in [0, 0.05) is 5.92 Å². The number of aromatic carboxylic acids is 1. The van der Waals surface area contributed by atoms with Crippen LogP contribution in [0.1, 0.15) is 29.8 Å². The van der Waals surface area contributed by atoms with E-state index in [1.54, 1.807) is 19.1 Å². The van der Waals surface area contributed by atoms with Crippen LogP contribution < -0.4 is 24.2 Å². The van der Waals surface area contributed by atoms with E-state index < -0.39 is 29.5 Å². The van der Waals surface area contributed by atoms with Crippen LogP contribution >= 0.6 is 0 Å². The Morgan fingerprint density at radius 3 is 2.23 bits per heavy atom. The number of halogens is 3. The normalized spacial score (nSPS) is 12.0. The molecule has 1 unspecified atom stereocenters. The quantitative estimate of drug-likeness (QED) is 0.792. The third kappa shape index (κ3) is 5.65. The van der Waals surface area contributed by atoms with Crippen molar-refractivity contribution >= 4 is 17.6 Å². The second kappa shape index (κ2) is 8.92. The van der Waals surface area contributed by atoms with E-state index >= 15 is 0 Å². The summed E-state index contributed by atoms with van der Waals surface area (Å²) in [6.07, 6.45) is -4.17. The van der Waals surface area contributed by atoms with Crippen molar-refractivity contribution in [2.24, 2.45) is 5.92 Å². The minimum absolute atomic E-state index is 0. The summed E-state index contributed by atoms with van der Waals surface area (Å²) in [5.74, 6) is -2.11. The zero-order valence-corrected chi connectivity index (χ0v) is 14.3. The molecule has 134 valence electrons. The number of carboxylic acid groups (broad SMARTS) is 1. The van der Waals surface area contributed by atoms with Gasteiger partial charge >= 0.3 is 31.0 Å². The van der Waals surface area contributed by atoms with E-state index in [2.05, 4.69) is 5.32 Å². The summed E-state index contributed by atoms with van der Waals surface area (Å²) in [6, 6.07) is 10.6. The molecule has 1 amide bonds. The molecule has 1 atom stereocenters. The van der Waals surface area contributed by atoms with E-state index in [-0.39, 0.29) is 38.0 Å². The van der Waals surface area contributed by atoms with E-state index in [1.165, 1.54) is 24.3 Å². The number of carbonyl (C=O) groups excluding carboxylic acids is 1. The molecule has 0 aromatic heterocycles. The van der Waals surface area contributed by atoms with Crippen molar-refractivity contribution in [3.63, 3.8) is 0 Å². The summed E-state index contributed by atoms with van der Waals surface area (Å²) < 4.78 is 37.6. The molecule has 2 aromatic rings. The van der Waals surface area contributed by atoms with E-state index in [9.17, 15) is 22.8 Å². The molecule has 8 heteroatoms. The van der Waals surface area contributed by atoms with E-state index in [0.29, 0.717) is 5.56 Å². The Labute approximate surface area is 162 Å². The summed E-state index contributed by atoms with van der Waals surface area (Å²) in [5, 5.41) is 11.6. The molecule has 0 aliphatic carbocycles. The summed E-state index contributed by atoms with van der Waals surface area (Å²) in [6.45, 7) is 1.62. The van der Waals surface area contributed by atoms with Crippen molar-refractivity contribution in [2.45, 2.75) is 19.5 Å². The fraction of sp³-hybridized carbons (Fsp3) is 0.222. The minimum atomic E-state index is -4.40. The van der Waals surface area contributed by atoms with Crippen LogP contribution in [-0.4, -0.2) is 17.0 Å². The number of hydrogen-bond donors (Lipinski definition) is 2. The molecule has 0 saturated heterocycles. The van der Waals surface area contributed by atoms with E-state index in [4.69, 9.17) is 5.11 Å². The van der Waals surface area contributed by atoms with Crippen molar-refractivity contribution in [2.75, 3.05) is 5.32 Å². The van der Waals surface area contributed by atoms with Crippen molar-refractivity contribution in [3.05, 3.63) is 65.2 Å². The number of alkyl halides is 3. The number of nitrogens with one attached hydrogen (secondary N) is 1. The summed E-state index contributed by atoms with van der Waals surface area (Å²) in [5.41, 5.74) is -0.0113. The molecule has 0 aliphatic heterocycles. The van der Waals surface area contributed by atoms with Gasteiger partial charge in [-0.1, -0.05) is 31.2 Å². The molecule has 2 rings (SSSR count). The maximum atomic E-state index is 12.5. The molecule has 0 radical (unpaired) electrons. The Balaban J connectivity index is 0.00000338. The van der Waals surface area contributed by atoms with Crippen molar-refractivity contribution in [1.29, 1.82) is 0 Å². The van der Waals surface area contributed by atoms with Gasteiger partial charge in [-0.3, -0.25) is 4.79 Å². The van der Waals surface area contributed by atoms with Crippen molar-refractivity contribution < 1.29 is 48.2 Å². The molecule has 0 spiro atoms. The monoisotopic (exact) mass is 359 g/mol. The standard InChI is InChI=1S/C18H16F3NO3.Li.H/c1-11(10-12-6-8-13(9-7-12)18(19,20)21)16(23)22-15-5-3-2-4-14(15)17(24)25;;/h2-9,11H,10H2,1H3,(H,22,23)(H,24,25);;/q;+1;-1. The smallest absolute Gasteiger partial charge is 1.00 e. The van der Waals surface area contributed by atoms with Crippen LogP contribution in [0.4, 0.5) is 18.9 Å². The number of hydrogen-bond acceptors (Lipinski definition) is 2. The summed E-state index contributed by atoms with van der Waals surface area (Å²) in [7, 11) is 0. The molecule has 4 nitrogen and oxygen atoms in total. The Morgan fingerprint density at radius 1 is 1.12 bits per heavy atom. The van der Waals surface area contributed by atoms with Crippen LogP contribution in [-0.2, 0) is 17.4 Å². The molecule has 0 heterocycles. The van der Waals surface area contributed by atoms with Crippen LogP contribution in [0.2, 0.25) is 0 Å². The van der Waals surface area contributed by atoms with Crippen LogP contribution in [0.3, 0.4) is 0 Å². The van der Waals surface area contributed by atoms with Crippen molar-refractivity contribution in [1.82, 2.24) is 0 Å². The second-order valence-electron chi connectivity index (χ2n) is 5.64. The van der Waals surface area contributed by atoms with Crippen LogP contribution in [0.25, 0.3) is 0 Å². The van der Waals surface area contributed by atoms with Gasteiger partial charge in [0.05, 0.1) is 16.8 Å². The first-order valence-electron chi connectivity index (χ1n) is 7.48. The fourth-order valence-corrected chi connectivity index (χ4v) is 2.31. The number of rotatable bonds is 5. The van der Waals surface area contributed by atoms with E-state index in [1.807, 2.05) is 0 Å². The Kier molecular flexibility index (Phi) is 7.49. The molecule has 26 heavy (non-hydrogen) atoms. The number of benzene rings is 2.